The smallest absolute Gasteiger partial charge is 0.171 e. The van der Waals surface area contributed by atoms with E-state index in [2.05, 4.69) is 6.92 Å². The number of rotatable bonds is 3. The molecule has 2 aliphatic rings. The van der Waals surface area contributed by atoms with Gasteiger partial charge in [-0.05, 0) is 43.4 Å². The molecule has 0 heterocycles. The average molecular weight is 276 g/mol. The van der Waals surface area contributed by atoms with Crippen molar-refractivity contribution in [3.05, 3.63) is 0 Å². The number of alkyl halides is 3. The lowest BCUT2D eigenvalue weighted by Crippen LogP contribution is -2.28. The van der Waals surface area contributed by atoms with Crippen molar-refractivity contribution in [3.8, 4) is 0 Å². The highest BCUT2D eigenvalue weighted by Gasteiger charge is 2.41. The maximum Gasteiger partial charge on any atom is 0.391 e. The van der Waals surface area contributed by atoms with E-state index in [0.29, 0.717) is 18.8 Å². The van der Waals surface area contributed by atoms with Crippen LogP contribution < -0.4 is 0 Å². The molecule has 0 saturated heterocycles. The Hall–Kier alpha value is -0.210. The van der Waals surface area contributed by atoms with Gasteiger partial charge in [0.15, 0.2) is 0 Å². The zero-order chi connectivity index (χ0) is 13.9. The molecule has 2 aliphatic carbocycles. The summed E-state index contributed by atoms with van der Waals surface area (Å²) in [6.45, 7) is 2.33. The van der Waals surface area contributed by atoms with E-state index in [1.807, 2.05) is 0 Å². The predicted octanol–water partition coefficient (Wildman–Crippen LogP) is 5.96. The Morgan fingerprint density at radius 3 is 1.58 bits per heavy atom. The summed E-state index contributed by atoms with van der Waals surface area (Å²) in [5.74, 6) is 1.30. The van der Waals surface area contributed by atoms with E-state index < -0.39 is 12.1 Å². The number of halogens is 3. The molecule has 0 aromatic carbocycles. The summed E-state index contributed by atoms with van der Waals surface area (Å²) in [7, 11) is 0. The van der Waals surface area contributed by atoms with Crippen LogP contribution >= 0.6 is 0 Å². The van der Waals surface area contributed by atoms with Gasteiger partial charge in [-0.15, -0.1) is 0 Å². The van der Waals surface area contributed by atoms with Gasteiger partial charge in [0.05, 0.1) is 5.92 Å². The first-order valence-electron chi connectivity index (χ1n) is 8.02. The number of hydrogen-bond acceptors (Lipinski definition) is 0. The lowest BCUT2D eigenvalue weighted by molar-refractivity contribution is -0.184. The summed E-state index contributed by atoms with van der Waals surface area (Å²) in [6.07, 6.45) is 6.21. The van der Waals surface area contributed by atoms with Crippen LogP contribution in [0.4, 0.5) is 13.2 Å². The van der Waals surface area contributed by atoms with E-state index in [1.54, 1.807) is 0 Å². The van der Waals surface area contributed by atoms with Gasteiger partial charge in [0, 0.05) is 0 Å². The van der Waals surface area contributed by atoms with Gasteiger partial charge in [-0.2, -0.15) is 13.2 Å². The van der Waals surface area contributed by atoms with Crippen LogP contribution in [0.1, 0.15) is 71.1 Å². The van der Waals surface area contributed by atoms with E-state index in [4.69, 9.17) is 0 Å². The van der Waals surface area contributed by atoms with Crippen LogP contribution in [0.15, 0.2) is 0 Å². The van der Waals surface area contributed by atoms with Crippen molar-refractivity contribution >= 4 is 0 Å². The molecule has 0 N–H and O–H groups in total. The van der Waals surface area contributed by atoms with Crippen LogP contribution in [-0.4, -0.2) is 6.18 Å². The third kappa shape index (κ3) is 4.68. The molecular formula is C16H27F3. The van der Waals surface area contributed by atoms with E-state index in [9.17, 15) is 13.2 Å². The average Bonchev–Trinajstić information content (AvgIpc) is 2.37. The first kappa shape index (κ1) is 15.2. The fourth-order valence-electron chi connectivity index (χ4n) is 3.87. The monoisotopic (exact) mass is 276 g/mol. The fourth-order valence-corrected chi connectivity index (χ4v) is 3.87. The first-order valence-corrected chi connectivity index (χ1v) is 8.02. The summed E-state index contributed by atoms with van der Waals surface area (Å²) in [4.78, 5) is 0. The highest BCUT2D eigenvalue weighted by Crippen LogP contribution is 2.41. The minimum atomic E-state index is -3.95. The van der Waals surface area contributed by atoms with E-state index in [0.717, 1.165) is 24.7 Å². The van der Waals surface area contributed by atoms with Crippen LogP contribution in [0, 0.1) is 23.7 Å². The summed E-state index contributed by atoms with van der Waals surface area (Å²) in [5.41, 5.74) is 0. The molecule has 0 unspecified atom stereocenters. The van der Waals surface area contributed by atoms with Crippen molar-refractivity contribution < 1.29 is 13.2 Å². The Balaban J connectivity index is 1.63. The van der Waals surface area contributed by atoms with Crippen molar-refractivity contribution in [3.63, 3.8) is 0 Å². The van der Waals surface area contributed by atoms with Gasteiger partial charge in [0.2, 0.25) is 0 Å². The minimum absolute atomic E-state index is 0.371. The maximum absolute atomic E-state index is 12.6. The Morgan fingerprint density at radius 1 is 0.737 bits per heavy atom. The molecule has 2 rings (SSSR count). The topological polar surface area (TPSA) is 0 Å². The second kappa shape index (κ2) is 6.49. The van der Waals surface area contributed by atoms with Crippen molar-refractivity contribution in [2.24, 2.45) is 23.7 Å². The molecule has 0 amide bonds. The van der Waals surface area contributed by atoms with Crippen molar-refractivity contribution in [1.82, 2.24) is 0 Å². The SMILES string of the molecule is CC1CCC(CCC2CCC(C(F)(F)F)CC2)CC1. The van der Waals surface area contributed by atoms with Gasteiger partial charge in [-0.25, -0.2) is 0 Å². The molecule has 0 nitrogen and oxygen atoms in total. The van der Waals surface area contributed by atoms with Crippen LogP contribution in [0.2, 0.25) is 0 Å². The maximum atomic E-state index is 12.6. The van der Waals surface area contributed by atoms with Crippen LogP contribution in [-0.2, 0) is 0 Å². The molecule has 0 spiro atoms. The molecule has 19 heavy (non-hydrogen) atoms. The zero-order valence-corrected chi connectivity index (χ0v) is 12.0. The predicted molar refractivity (Wildman–Crippen MR) is 71.9 cm³/mol. The normalized spacial score (nSPS) is 37.3. The van der Waals surface area contributed by atoms with Gasteiger partial charge in [0.1, 0.15) is 0 Å². The Kier molecular flexibility index (Phi) is 5.19. The Bertz CT molecular complexity index is 256. The summed E-state index contributed by atoms with van der Waals surface area (Å²) in [5, 5.41) is 0. The van der Waals surface area contributed by atoms with E-state index in [-0.39, 0.29) is 0 Å². The minimum Gasteiger partial charge on any atom is -0.171 e. The Morgan fingerprint density at radius 2 is 1.16 bits per heavy atom. The molecule has 0 radical (unpaired) electrons. The van der Waals surface area contributed by atoms with Gasteiger partial charge in [0.25, 0.3) is 0 Å². The highest BCUT2D eigenvalue weighted by atomic mass is 19.4. The third-order valence-corrected chi connectivity index (χ3v) is 5.43. The molecule has 3 heteroatoms. The standard InChI is InChI=1S/C16H27F3/c1-12-2-4-13(5-3-12)6-7-14-8-10-15(11-9-14)16(17,18)19/h12-15H,2-11H2,1H3. The number of hydrogen-bond donors (Lipinski definition) is 0. The fraction of sp³-hybridized carbons (Fsp3) is 1.00. The van der Waals surface area contributed by atoms with Gasteiger partial charge in [-0.3, -0.25) is 0 Å². The van der Waals surface area contributed by atoms with Gasteiger partial charge < -0.3 is 0 Å². The lowest BCUT2D eigenvalue weighted by atomic mass is 9.76. The summed E-state index contributed by atoms with van der Waals surface area (Å²) < 4.78 is 37.7. The van der Waals surface area contributed by atoms with Crippen molar-refractivity contribution in [1.29, 1.82) is 0 Å². The Labute approximate surface area is 115 Å². The molecule has 2 saturated carbocycles. The second-order valence-corrected chi connectivity index (χ2v) is 6.96. The molecule has 0 aliphatic heterocycles. The molecule has 0 aromatic rings. The zero-order valence-electron chi connectivity index (χ0n) is 12.0. The van der Waals surface area contributed by atoms with Gasteiger partial charge >= 0.3 is 6.18 Å². The quantitative estimate of drug-likeness (QED) is 0.596. The highest BCUT2D eigenvalue weighted by molar-refractivity contribution is 4.78. The third-order valence-electron chi connectivity index (χ3n) is 5.43. The van der Waals surface area contributed by atoms with E-state index >= 15 is 0 Å². The summed E-state index contributed by atoms with van der Waals surface area (Å²) >= 11 is 0. The molecule has 0 bridgehead atoms. The van der Waals surface area contributed by atoms with Gasteiger partial charge in [-0.1, -0.05) is 45.4 Å². The molecule has 2 fully saturated rings. The lowest BCUT2D eigenvalue weighted by Gasteiger charge is -2.32. The van der Waals surface area contributed by atoms with E-state index in [1.165, 1.54) is 38.5 Å². The largest absolute Gasteiger partial charge is 0.391 e. The molecule has 0 atom stereocenters. The van der Waals surface area contributed by atoms with Crippen molar-refractivity contribution in [2.75, 3.05) is 0 Å². The summed E-state index contributed by atoms with van der Waals surface area (Å²) in [6, 6.07) is 0. The molecular weight excluding hydrogens is 249 g/mol. The van der Waals surface area contributed by atoms with Crippen molar-refractivity contribution in [2.45, 2.75) is 77.3 Å². The van der Waals surface area contributed by atoms with Crippen LogP contribution in [0.5, 0.6) is 0 Å². The first-order chi connectivity index (χ1) is 8.95. The molecule has 112 valence electrons. The van der Waals surface area contributed by atoms with Crippen LogP contribution in [0.3, 0.4) is 0 Å². The molecule has 0 aromatic heterocycles. The second-order valence-electron chi connectivity index (χ2n) is 6.96. The van der Waals surface area contributed by atoms with Crippen LogP contribution in [0.25, 0.3) is 0 Å².